The molecule has 1 aromatic rings. The summed E-state index contributed by atoms with van der Waals surface area (Å²) in [5.74, 6) is 0. The number of ether oxygens (including phenoxy) is 1. The lowest BCUT2D eigenvalue weighted by molar-refractivity contribution is 0.0576. The molecule has 5 nitrogen and oxygen atoms in total. The molecule has 1 aliphatic rings. The fourth-order valence-corrected chi connectivity index (χ4v) is 3.72. The minimum atomic E-state index is -1.18. The van der Waals surface area contributed by atoms with Crippen LogP contribution in [0.2, 0.25) is 0 Å². The molecule has 1 aromatic carbocycles. The van der Waals surface area contributed by atoms with Crippen molar-refractivity contribution in [3.63, 3.8) is 0 Å². The smallest absolute Gasteiger partial charge is 0.414 e. The summed E-state index contributed by atoms with van der Waals surface area (Å²) in [6.45, 7) is 11.9. The first-order valence-electron chi connectivity index (χ1n) is 8.36. The number of carbonyl (C=O) groups excluding carboxylic acids is 1. The van der Waals surface area contributed by atoms with Gasteiger partial charge in [0.05, 0.1) is 21.4 Å². The Morgan fingerprint density at radius 3 is 2.48 bits per heavy atom. The van der Waals surface area contributed by atoms with Crippen molar-refractivity contribution in [3.8, 4) is 0 Å². The second-order valence-corrected chi connectivity index (χ2v) is 11.1. The molecule has 25 heavy (non-hydrogen) atoms. The highest BCUT2D eigenvalue weighted by Gasteiger charge is 2.33. The van der Waals surface area contributed by atoms with Crippen LogP contribution in [0.5, 0.6) is 0 Å². The fourth-order valence-electron chi connectivity index (χ4n) is 2.51. The maximum absolute atomic E-state index is 12.6. The molecule has 140 valence electrons. The van der Waals surface area contributed by atoms with Crippen LogP contribution in [0.4, 0.5) is 10.5 Å². The Bertz CT molecular complexity index is 680. The molecule has 0 spiro atoms. The van der Waals surface area contributed by atoms with Crippen molar-refractivity contribution >= 4 is 38.7 Å². The minimum Gasteiger partial charge on any atom is -0.443 e. The van der Waals surface area contributed by atoms with Crippen molar-refractivity contribution in [3.05, 3.63) is 28.2 Å². The van der Waals surface area contributed by atoms with Gasteiger partial charge in [-0.3, -0.25) is 4.90 Å². The summed E-state index contributed by atoms with van der Waals surface area (Å²) >= 11 is 3.47. The molecule has 2 rings (SSSR count). The van der Waals surface area contributed by atoms with E-state index < -0.39 is 16.6 Å². The molecule has 1 aliphatic heterocycles. The van der Waals surface area contributed by atoms with Crippen LogP contribution in [-0.2, 0) is 15.7 Å². The molecule has 0 fully saturated rings. The molecular weight excluding hydrogens is 404 g/mol. The zero-order chi connectivity index (χ0) is 19.0. The van der Waals surface area contributed by atoms with Crippen LogP contribution in [0.3, 0.4) is 0 Å². The van der Waals surface area contributed by atoms with Crippen molar-refractivity contribution < 1.29 is 13.7 Å². The number of nitrogens with one attached hydrogen (secondary N) is 1. The molecule has 2 atom stereocenters. The topological polar surface area (TPSA) is 58.6 Å². The lowest BCUT2D eigenvalue weighted by Gasteiger charge is -2.36. The molecule has 0 saturated heterocycles. The molecule has 1 unspecified atom stereocenters. The standard InChI is InChI=1S/C18H27BrN2O3S/c1-17(2,3)24-16(22)21-10-9-14(20-25(23)18(4,5)6)13-8-7-12(19)11-15(13)21/h7-8,11,14,20H,9-10H2,1-6H3/t14?,25-/m1/s1. The first-order chi connectivity index (χ1) is 11.4. The highest BCUT2D eigenvalue weighted by atomic mass is 79.9. The minimum absolute atomic E-state index is 0.0677. The maximum Gasteiger partial charge on any atom is 0.414 e. The number of nitrogens with zero attached hydrogens (tertiary/aromatic N) is 1. The van der Waals surface area contributed by atoms with Gasteiger partial charge in [0.1, 0.15) is 5.60 Å². The van der Waals surface area contributed by atoms with E-state index in [1.807, 2.05) is 59.7 Å². The Hall–Kier alpha value is -0.920. The molecule has 0 saturated carbocycles. The molecular formula is C18H27BrN2O3S. The van der Waals surface area contributed by atoms with E-state index in [0.717, 1.165) is 15.7 Å². The number of hydrogen-bond acceptors (Lipinski definition) is 3. The molecule has 0 aromatic heterocycles. The average Bonchev–Trinajstić information content (AvgIpc) is 2.44. The number of benzene rings is 1. The maximum atomic E-state index is 12.6. The van der Waals surface area contributed by atoms with E-state index in [-0.39, 0.29) is 16.9 Å². The third kappa shape index (κ3) is 5.28. The van der Waals surface area contributed by atoms with Crippen LogP contribution in [0.15, 0.2) is 22.7 Å². The van der Waals surface area contributed by atoms with Gasteiger partial charge in [-0.05, 0) is 65.7 Å². The van der Waals surface area contributed by atoms with E-state index in [2.05, 4.69) is 20.7 Å². The fraction of sp³-hybridized carbons (Fsp3) is 0.611. The summed E-state index contributed by atoms with van der Waals surface area (Å²) in [6, 6.07) is 5.74. The van der Waals surface area contributed by atoms with Gasteiger partial charge in [-0.15, -0.1) is 0 Å². The third-order valence-electron chi connectivity index (χ3n) is 3.72. The first kappa shape index (κ1) is 20.4. The number of anilines is 1. The van der Waals surface area contributed by atoms with Gasteiger partial charge >= 0.3 is 6.09 Å². The van der Waals surface area contributed by atoms with E-state index in [1.165, 1.54) is 0 Å². The summed E-state index contributed by atoms with van der Waals surface area (Å²) < 4.78 is 21.8. The monoisotopic (exact) mass is 430 g/mol. The Morgan fingerprint density at radius 1 is 1.28 bits per heavy atom. The summed E-state index contributed by atoms with van der Waals surface area (Å²) in [5.41, 5.74) is 1.20. The number of carbonyl (C=O) groups is 1. The summed E-state index contributed by atoms with van der Waals surface area (Å²) in [7, 11) is -1.18. The number of hydrogen-bond donors (Lipinski definition) is 1. The predicted octanol–water partition coefficient (Wildman–Crippen LogP) is 4.69. The number of halogens is 1. The van der Waals surface area contributed by atoms with Crippen molar-refractivity contribution in [2.45, 2.75) is 64.4 Å². The molecule has 7 heteroatoms. The van der Waals surface area contributed by atoms with Gasteiger partial charge in [0, 0.05) is 17.1 Å². The van der Waals surface area contributed by atoms with E-state index in [4.69, 9.17) is 4.74 Å². The van der Waals surface area contributed by atoms with E-state index >= 15 is 0 Å². The summed E-state index contributed by atoms with van der Waals surface area (Å²) in [6.07, 6.45) is 0.317. The van der Waals surface area contributed by atoms with Crippen molar-refractivity contribution in [1.82, 2.24) is 4.72 Å². The predicted molar refractivity (Wildman–Crippen MR) is 106 cm³/mol. The summed E-state index contributed by atoms with van der Waals surface area (Å²) in [5, 5.41) is 0. The Morgan fingerprint density at radius 2 is 1.92 bits per heavy atom. The zero-order valence-corrected chi connectivity index (χ0v) is 18.1. The highest BCUT2D eigenvalue weighted by Crippen LogP contribution is 2.37. The second-order valence-electron chi connectivity index (χ2n) is 8.18. The van der Waals surface area contributed by atoms with Gasteiger partial charge in [-0.25, -0.2) is 13.7 Å². The van der Waals surface area contributed by atoms with Gasteiger partial charge in [-0.1, -0.05) is 22.0 Å². The van der Waals surface area contributed by atoms with Gasteiger partial charge in [0.2, 0.25) is 0 Å². The highest BCUT2D eigenvalue weighted by molar-refractivity contribution is 9.10. The molecule has 0 radical (unpaired) electrons. The lowest BCUT2D eigenvalue weighted by atomic mass is 9.97. The normalized spacial score (nSPS) is 19.3. The van der Waals surface area contributed by atoms with Crippen LogP contribution in [0.1, 0.15) is 59.6 Å². The Kier molecular flexibility index (Phi) is 6.01. The number of rotatable bonds is 2. The van der Waals surface area contributed by atoms with Crippen molar-refractivity contribution in [1.29, 1.82) is 0 Å². The molecule has 0 aliphatic carbocycles. The van der Waals surface area contributed by atoms with E-state index in [9.17, 15) is 9.00 Å². The zero-order valence-electron chi connectivity index (χ0n) is 15.7. The first-order valence-corrected chi connectivity index (χ1v) is 10.3. The third-order valence-corrected chi connectivity index (χ3v) is 5.82. The summed E-state index contributed by atoms with van der Waals surface area (Å²) in [4.78, 5) is 14.2. The second kappa shape index (κ2) is 7.37. The molecule has 1 heterocycles. The Labute approximate surface area is 161 Å². The number of amides is 1. The SMILES string of the molecule is CC(C)(C)OC(=O)N1CCC(N[S@](=O)C(C)(C)C)c2ccc(Br)cc21. The van der Waals surface area contributed by atoms with Crippen LogP contribution in [0.25, 0.3) is 0 Å². The van der Waals surface area contributed by atoms with E-state index in [1.54, 1.807) is 4.90 Å². The lowest BCUT2D eigenvalue weighted by Crippen LogP contribution is -2.44. The Balaban J connectivity index is 2.31. The molecule has 1 amide bonds. The largest absolute Gasteiger partial charge is 0.443 e. The van der Waals surface area contributed by atoms with Gasteiger partial charge in [0.25, 0.3) is 0 Å². The van der Waals surface area contributed by atoms with Crippen LogP contribution in [-0.4, -0.2) is 27.2 Å². The van der Waals surface area contributed by atoms with Crippen molar-refractivity contribution in [2.75, 3.05) is 11.4 Å². The van der Waals surface area contributed by atoms with Crippen LogP contribution >= 0.6 is 15.9 Å². The number of fused-ring (bicyclic) bond motifs is 1. The molecule has 0 bridgehead atoms. The quantitative estimate of drug-likeness (QED) is 0.739. The van der Waals surface area contributed by atoms with Crippen molar-refractivity contribution in [2.24, 2.45) is 0 Å². The molecule has 1 N–H and O–H groups in total. The van der Waals surface area contributed by atoms with Gasteiger partial charge in [-0.2, -0.15) is 0 Å². The van der Waals surface area contributed by atoms with Gasteiger partial charge < -0.3 is 4.74 Å². The average molecular weight is 431 g/mol. The van der Waals surface area contributed by atoms with Gasteiger partial charge in [0.15, 0.2) is 0 Å². The van der Waals surface area contributed by atoms with E-state index in [0.29, 0.717) is 13.0 Å². The van der Waals surface area contributed by atoms with Crippen LogP contribution in [0, 0.1) is 0 Å². The van der Waals surface area contributed by atoms with Crippen LogP contribution < -0.4 is 9.62 Å².